The Morgan fingerprint density at radius 1 is 1.31 bits per heavy atom. The number of halogens is 5. The number of benzene rings is 1. The van der Waals surface area contributed by atoms with Gasteiger partial charge in [0.25, 0.3) is 0 Å². The van der Waals surface area contributed by atoms with E-state index in [-0.39, 0.29) is 12.0 Å². The van der Waals surface area contributed by atoms with Gasteiger partial charge in [0.2, 0.25) is 0 Å². The molecule has 0 radical (unpaired) electrons. The average molecular weight is 300 g/mol. The van der Waals surface area contributed by atoms with E-state index in [0.717, 1.165) is 12.1 Å². The molecule has 0 unspecified atom stereocenters. The van der Waals surface area contributed by atoms with Gasteiger partial charge in [-0.15, -0.1) is 0 Å². The van der Waals surface area contributed by atoms with E-state index in [1.54, 1.807) is 0 Å². The Hall–Kier alpha value is -0.620. The van der Waals surface area contributed by atoms with Crippen molar-refractivity contribution in [1.29, 1.82) is 0 Å². The molecule has 0 aliphatic heterocycles. The van der Waals surface area contributed by atoms with E-state index in [1.165, 1.54) is 6.07 Å². The maximum Gasteiger partial charge on any atom is 0.416 e. The van der Waals surface area contributed by atoms with Gasteiger partial charge in [0.05, 0.1) is 12.2 Å². The summed E-state index contributed by atoms with van der Waals surface area (Å²) in [6, 6.07) is 2.44. The van der Waals surface area contributed by atoms with E-state index in [0.29, 0.717) is 4.47 Å². The highest BCUT2D eigenvalue weighted by molar-refractivity contribution is 9.10. The van der Waals surface area contributed by atoms with Crippen LogP contribution in [0.5, 0.6) is 0 Å². The highest BCUT2D eigenvalue weighted by atomic mass is 79.9. The molecule has 0 aliphatic rings. The van der Waals surface area contributed by atoms with Gasteiger partial charge in [-0.05, 0) is 30.2 Å². The first-order chi connectivity index (χ1) is 7.36. The minimum atomic E-state index is -4.41. The van der Waals surface area contributed by atoms with E-state index < -0.39 is 24.5 Å². The highest BCUT2D eigenvalue weighted by Crippen LogP contribution is 2.34. The maximum atomic E-state index is 12.4. The van der Waals surface area contributed by atoms with E-state index in [9.17, 15) is 17.6 Å². The third-order valence-corrected chi connectivity index (χ3v) is 2.87. The minimum absolute atomic E-state index is 0.0000888. The second kappa shape index (κ2) is 5.14. The van der Waals surface area contributed by atoms with Crippen molar-refractivity contribution in [3.8, 4) is 0 Å². The van der Waals surface area contributed by atoms with Crippen LogP contribution in [0.2, 0.25) is 0 Å². The van der Waals surface area contributed by atoms with Crippen LogP contribution in [0.15, 0.2) is 22.7 Å². The van der Waals surface area contributed by atoms with Crippen LogP contribution < -0.4 is 5.73 Å². The van der Waals surface area contributed by atoms with Gasteiger partial charge in [0.1, 0.15) is 0 Å². The quantitative estimate of drug-likeness (QED) is 0.844. The molecular weight excluding hydrogens is 290 g/mol. The van der Waals surface area contributed by atoms with Gasteiger partial charge >= 0.3 is 6.18 Å². The van der Waals surface area contributed by atoms with Crippen molar-refractivity contribution in [2.45, 2.75) is 18.6 Å². The molecule has 2 N–H and O–H groups in total. The van der Waals surface area contributed by atoms with Gasteiger partial charge in [-0.2, -0.15) is 13.2 Å². The zero-order chi connectivity index (χ0) is 12.3. The van der Waals surface area contributed by atoms with Crippen LogP contribution in [0.3, 0.4) is 0 Å². The summed E-state index contributed by atoms with van der Waals surface area (Å²) in [4.78, 5) is 0. The molecule has 0 aliphatic carbocycles. The van der Waals surface area contributed by atoms with Gasteiger partial charge in [-0.3, -0.25) is 4.39 Å². The molecule has 0 saturated carbocycles. The highest BCUT2D eigenvalue weighted by Gasteiger charge is 2.31. The SMILES string of the molecule is N[C@H](CCF)c1cc(C(F)(F)F)ccc1Br. The Morgan fingerprint density at radius 2 is 1.94 bits per heavy atom. The zero-order valence-corrected chi connectivity index (χ0v) is 9.78. The number of hydrogen-bond donors (Lipinski definition) is 1. The van der Waals surface area contributed by atoms with Crippen LogP contribution in [0, 0.1) is 0 Å². The molecule has 0 aromatic heterocycles. The monoisotopic (exact) mass is 299 g/mol. The Labute approximate surface area is 98.8 Å². The third-order valence-electron chi connectivity index (χ3n) is 2.14. The average Bonchev–Trinajstić information content (AvgIpc) is 2.16. The Kier molecular flexibility index (Phi) is 4.32. The predicted octanol–water partition coefficient (Wildman–Crippen LogP) is 3.83. The van der Waals surface area contributed by atoms with E-state index in [2.05, 4.69) is 15.9 Å². The van der Waals surface area contributed by atoms with Crippen molar-refractivity contribution in [1.82, 2.24) is 0 Å². The summed E-state index contributed by atoms with van der Waals surface area (Å²) in [6.45, 7) is -0.663. The normalized spacial score (nSPS) is 13.9. The molecule has 1 aromatic rings. The Morgan fingerprint density at radius 3 is 2.44 bits per heavy atom. The molecule has 0 bridgehead atoms. The van der Waals surface area contributed by atoms with Crippen LogP contribution >= 0.6 is 15.9 Å². The summed E-state index contributed by atoms with van der Waals surface area (Å²) in [5.41, 5.74) is 5.07. The van der Waals surface area contributed by atoms with Crippen molar-refractivity contribution in [2.24, 2.45) is 5.73 Å². The standard InChI is InChI=1S/C10H10BrF4N/c11-8-2-1-6(10(13,14)15)5-7(8)9(16)3-4-12/h1-2,5,9H,3-4,16H2/t9-/m1/s1. The van der Waals surface area contributed by atoms with Crippen molar-refractivity contribution < 1.29 is 17.6 Å². The second-order valence-electron chi connectivity index (χ2n) is 3.32. The number of hydrogen-bond acceptors (Lipinski definition) is 1. The molecule has 6 heteroatoms. The van der Waals surface area contributed by atoms with Gasteiger partial charge < -0.3 is 5.73 Å². The second-order valence-corrected chi connectivity index (χ2v) is 4.17. The van der Waals surface area contributed by atoms with Crippen molar-refractivity contribution >= 4 is 15.9 Å². The summed E-state index contributed by atoms with van der Waals surface area (Å²) >= 11 is 3.10. The number of nitrogens with two attached hydrogens (primary N) is 1. The molecule has 0 heterocycles. The molecule has 0 saturated heterocycles. The zero-order valence-electron chi connectivity index (χ0n) is 8.19. The molecule has 1 atom stereocenters. The first kappa shape index (κ1) is 13.4. The Balaban J connectivity index is 3.09. The molecule has 0 amide bonds. The third kappa shape index (κ3) is 3.18. The van der Waals surface area contributed by atoms with Crippen LogP contribution in [0.1, 0.15) is 23.6 Å². The molecule has 0 spiro atoms. The van der Waals surface area contributed by atoms with Crippen LogP contribution in [-0.4, -0.2) is 6.67 Å². The maximum absolute atomic E-state index is 12.4. The van der Waals surface area contributed by atoms with Gasteiger partial charge in [-0.1, -0.05) is 15.9 Å². The van der Waals surface area contributed by atoms with Crippen LogP contribution in [0.25, 0.3) is 0 Å². The molecule has 1 aromatic carbocycles. The fourth-order valence-electron chi connectivity index (χ4n) is 1.28. The fraction of sp³-hybridized carbons (Fsp3) is 0.400. The van der Waals surface area contributed by atoms with Crippen LogP contribution in [-0.2, 0) is 6.18 Å². The largest absolute Gasteiger partial charge is 0.416 e. The van der Waals surface area contributed by atoms with Gasteiger partial charge in [-0.25, -0.2) is 0 Å². The minimum Gasteiger partial charge on any atom is -0.324 e. The molecular formula is C10H10BrF4N. The number of rotatable bonds is 3. The first-order valence-corrected chi connectivity index (χ1v) is 5.33. The first-order valence-electron chi connectivity index (χ1n) is 4.54. The molecule has 0 fully saturated rings. The molecule has 1 rings (SSSR count). The molecule has 1 nitrogen and oxygen atoms in total. The van der Waals surface area contributed by atoms with Gasteiger partial charge in [0, 0.05) is 10.5 Å². The Bertz CT molecular complexity index is 364. The summed E-state index contributed by atoms with van der Waals surface area (Å²) in [5, 5.41) is 0. The van der Waals surface area contributed by atoms with E-state index in [4.69, 9.17) is 5.73 Å². The van der Waals surface area contributed by atoms with Crippen LogP contribution in [0.4, 0.5) is 17.6 Å². The summed E-state index contributed by atoms with van der Waals surface area (Å²) in [7, 11) is 0. The van der Waals surface area contributed by atoms with Crippen molar-refractivity contribution in [2.75, 3.05) is 6.67 Å². The lowest BCUT2D eigenvalue weighted by molar-refractivity contribution is -0.137. The number of alkyl halides is 4. The molecule has 16 heavy (non-hydrogen) atoms. The fourth-order valence-corrected chi connectivity index (χ4v) is 1.82. The smallest absolute Gasteiger partial charge is 0.324 e. The predicted molar refractivity (Wildman–Crippen MR) is 56.7 cm³/mol. The van der Waals surface area contributed by atoms with Crippen molar-refractivity contribution in [3.05, 3.63) is 33.8 Å². The lowest BCUT2D eigenvalue weighted by atomic mass is 10.0. The van der Waals surface area contributed by atoms with Gasteiger partial charge in [0.15, 0.2) is 0 Å². The molecule has 90 valence electrons. The lowest BCUT2D eigenvalue weighted by Crippen LogP contribution is -2.14. The van der Waals surface area contributed by atoms with Crippen molar-refractivity contribution in [3.63, 3.8) is 0 Å². The van der Waals surface area contributed by atoms with E-state index >= 15 is 0 Å². The summed E-state index contributed by atoms with van der Waals surface area (Å²) in [6.07, 6.45) is -4.41. The lowest BCUT2D eigenvalue weighted by Gasteiger charge is -2.15. The summed E-state index contributed by atoms with van der Waals surface area (Å²) < 4.78 is 49.8. The van der Waals surface area contributed by atoms with E-state index in [1.807, 2.05) is 0 Å². The topological polar surface area (TPSA) is 26.0 Å². The summed E-state index contributed by atoms with van der Waals surface area (Å²) in [5.74, 6) is 0.